The first-order valence-corrected chi connectivity index (χ1v) is 6.37. The van der Waals surface area contributed by atoms with Gasteiger partial charge < -0.3 is 15.2 Å². The van der Waals surface area contributed by atoms with Crippen LogP contribution in [-0.4, -0.2) is 21.9 Å². The van der Waals surface area contributed by atoms with Gasteiger partial charge in [0.1, 0.15) is 0 Å². The number of rotatable bonds is 6. The molecule has 1 atom stereocenters. The van der Waals surface area contributed by atoms with E-state index in [1.165, 1.54) is 13.8 Å². The number of hydrogen-bond acceptors (Lipinski definition) is 7. The number of nitro groups is 2. The van der Waals surface area contributed by atoms with Gasteiger partial charge in [-0.1, -0.05) is 13.8 Å². The average molecular weight is 350 g/mol. The standard InChI is InChI=1S/C12H12F3N3O6/c1-5(2)9(11(19)20)16-10-7(17(21)22)3-6(12(13,14)15)4-8(10)18(23)24/h3-5,9,16H,1-2H3,(H,19,20)/p-1/t9-/m0/s1. The van der Waals surface area contributed by atoms with Crippen LogP contribution in [0.5, 0.6) is 0 Å². The molecule has 0 saturated heterocycles. The van der Waals surface area contributed by atoms with E-state index < -0.39 is 56.6 Å². The molecular weight excluding hydrogens is 339 g/mol. The number of benzene rings is 1. The fourth-order valence-electron chi connectivity index (χ4n) is 1.86. The number of carbonyl (C=O) groups is 1. The van der Waals surface area contributed by atoms with E-state index in [0.717, 1.165) is 0 Å². The lowest BCUT2D eigenvalue weighted by Crippen LogP contribution is -2.44. The Kier molecular flexibility index (Phi) is 5.32. The number of halogens is 3. The molecule has 0 aromatic heterocycles. The molecule has 0 radical (unpaired) electrons. The van der Waals surface area contributed by atoms with Gasteiger partial charge in [0.05, 0.1) is 27.4 Å². The summed E-state index contributed by atoms with van der Waals surface area (Å²) in [5, 5.41) is 35.1. The average Bonchev–Trinajstić information content (AvgIpc) is 2.41. The number of aliphatic carboxylic acids is 1. The SMILES string of the molecule is CC(C)[C@H](Nc1c([N+](=O)[O-])cc(C(F)(F)F)cc1[N+](=O)[O-])C(=O)[O-]. The minimum Gasteiger partial charge on any atom is -0.548 e. The Morgan fingerprint density at radius 1 is 1.12 bits per heavy atom. The first-order valence-electron chi connectivity index (χ1n) is 6.37. The van der Waals surface area contributed by atoms with Gasteiger partial charge in [-0.3, -0.25) is 20.2 Å². The highest BCUT2D eigenvalue weighted by Gasteiger charge is 2.38. The Morgan fingerprint density at radius 2 is 1.54 bits per heavy atom. The Balaban J connectivity index is 3.65. The molecular formula is C12H11F3N3O6-. The number of nitro benzene ring substituents is 2. The van der Waals surface area contributed by atoms with Crippen molar-refractivity contribution in [2.24, 2.45) is 5.92 Å². The minimum absolute atomic E-state index is 0.0992. The summed E-state index contributed by atoms with van der Waals surface area (Å²) in [5.74, 6) is -2.43. The number of anilines is 1. The van der Waals surface area contributed by atoms with E-state index in [2.05, 4.69) is 0 Å². The number of carboxylic acids is 1. The topological polar surface area (TPSA) is 138 Å². The second-order valence-corrected chi connectivity index (χ2v) is 5.09. The number of alkyl halides is 3. The van der Waals surface area contributed by atoms with Crippen LogP contribution < -0.4 is 10.4 Å². The zero-order chi connectivity index (χ0) is 18.8. The van der Waals surface area contributed by atoms with E-state index in [1.807, 2.05) is 5.32 Å². The predicted molar refractivity (Wildman–Crippen MR) is 72.0 cm³/mol. The predicted octanol–water partition coefficient (Wildman–Crippen LogP) is 1.71. The summed E-state index contributed by atoms with van der Waals surface area (Å²) in [6, 6.07) is -1.39. The van der Waals surface area contributed by atoms with Gasteiger partial charge in [0.25, 0.3) is 11.4 Å². The molecule has 0 saturated carbocycles. The maximum atomic E-state index is 12.8. The quantitative estimate of drug-likeness (QED) is 0.608. The third-order valence-corrected chi connectivity index (χ3v) is 3.04. The van der Waals surface area contributed by atoms with Crippen molar-refractivity contribution in [3.8, 4) is 0 Å². The molecule has 0 amide bonds. The molecule has 0 fully saturated rings. The largest absolute Gasteiger partial charge is 0.548 e. The third kappa shape index (κ3) is 4.08. The molecule has 0 aliphatic heterocycles. The number of carboxylic acid groups (broad SMARTS) is 1. The van der Waals surface area contributed by atoms with E-state index in [-0.39, 0.29) is 12.1 Å². The fourth-order valence-corrected chi connectivity index (χ4v) is 1.86. The monoisotopic (exact) mass is 350 g/mol. The van der Waals surface area contributed by atoms with Crippen LogP contribution in [0.25, 0.3) is 0 Å². The molecule has 12 heteroatoms. The van der Waals surface area contributed by atoms with Crippen LogP contribution in [0.2, 0.25) is 0 Å². The van der Waals surface area contributed by atoms with Crippen molar-refractivity contribution >= 4 is 23.0 Å². The van der Waals surface area contributed by atoms with Crippen LogP contribution in [0.1, 0.15) is 19.4 Å². The summed E-state index contributed by atoms with van der Waals surface area (Å²) in [7, 11) is 0. The van der Waals surface area contributed by atoms with Gasteiger partial charge in [-0.2, -0.15) is 13.2 Å². The normalized spacial score (nSPS) is 12.8. The lowest BCUT2D eigenvalue weighted by molar-refractivity contribution is -0.392. The number of carbonyl (C=O) groups excluding carboxylic acids is 1. The molecule has 0 aliphatic carbocycles. The molecule has 0 aliphatic rings. The molecule has 0 unspecified atom stereocenters. The van der Waals surface area contributed by atoms with E-state index >= 15 is 0 Å². The van der Waals surface area contributed by atoms with E-state index in [0.29, 0.717) is 0 Å². The Labute approximate surface area is 132 Å². The van der Waals surface area contributed by atoms with Crippen LogP contribution in [0.15, 0.2) is 12.1 Å². The maximum absolute atomic E-state index is 12.8. The first-order chi connectivity index (χ1) is 10.9. The van der Waals surface area contributed by atoms with Gasteiger partial charge in [-0.15, -0.1) is 0 Å². The van der Waals surface area contributed by atoms with E-state index in [4.69, 9.17) is 0 Å². The fraction of sp³-hybridized carbons (Fsp3) is 0.417. The summed E-state index contributed by atoms with van der Waals surface area (Å²) < 4.78 is 38.3. The van der Waals surface area contributed by atoms with Gasteiger partial charge in [0.15, 0.2) is 5.69 Å². The molecule has 1 rings (SSSR count). The second kappa shape index (κ2) is 6.68. The van der Waals surface area contributed by atoms with Crippen LogP contribution >= 0.6 is 0 Å². The highest BCUT2D eigenvalue weighted by atomic mass is 19.4. The number of nitrogens with one attached hydrogen (secondary N) is 1. The van der Waals surface area contributed by atoms with E-state index in [1.54, 1.807) is 0 Å². The van der Waals surface area contributed by atoms with Crippen LogP contribution in [0, 0.1) is 26.1 Å². The van der Waals surface area contributed by atoms with Gasteiger partial charge in [0.2, 0.25) is 0 Å². The summed E-state index contributed by atoms with van der Waals surface area (Å²) in [6.07, 6.45) is -5.06. The van der Waals surface area contributed by atoms with Crippen LogP contribution in [0.4, 0.5) is 30.2 Å². The van der Waals surface area contributed by atoms with Crippen LogP contribution in [0.3, 0.4) is 0 Å². The van der Waals surface area contributed by atoms with E-state index in [9.17, 15) is 43.3 Å². The van der Waals surface area contributed by atoms with Crippen molar-refractivity contribution in [1.29, 1.82) is 0 Å². The van der Waals surface area contributed by atoms with Crippen molar-refractivity contribution in [2.45, 2.75) is 26.1 Å². The third-order valence-electron chi connectivity index (χ3n) is 3.04. The van der Waals surface area contributed by atoms with Gasteiger partial charge in [0, 0.05) is 12.1 Å². The molecule has 0 spiro atoms. The van der Waals surface area contributed by atoms with Gasteiger partial charge in [-0.25, -0.2) is 0 Å². The van der Waals surface area contributed by atoms with Gasteiger partial charge in [-0.05, 0) is 5.92 Å². The Morgan fingerprint density at radius 3 is 1.79 bits per heavy atom. The zero-order valence-electron chi connectivity index (χ0n) is 12.3. The highest BCUT2D eigenvalue weighted by molar-refractivity contribution is 5.82. The second-order valence-electron chi connectivity index (χ2n) is 5.09. The molecule has 0 bridgehead atoms. The highest BCUT2D eigenvalue weighted by Crippen LogP contribution is 2.41. The molecule has 132 valence electrons. The maximum Gasteiger partial charge on any atom is 0.416 e. The van der Waals surface area contributed by atoms with Crippen molar-refractivity contribution in [3.05, 3.63) is 37.9 Å². The lowest BCUT2D eigenvalue weighted by Gasteiger charge is -2.24. The zero-order valence-corrected chi connectivity index (χ0v) is 12.3. The first kappa shape index (κ1) is 19.1. The summed E-state index contributed by atoms with van der Waals surface area (Å²) >= 11 is 0. The molecule has 1 N–H and O–H groups in total. The molecule has 1 aromatic carbocycles. The Hall–Kier alpha value is -2.92. The summed E-state index contributed by atoms with van der Waals surface area (Å²) in [4.78, 5) is 30.5. The van der Waals surface area contributed by atoms with Crippen molar-refractivity contribution in [3.63, 3.8) is 0 Å². The van der Waals surface area contributed by atoms with Crippen molar-refractivity contribution < 1.29 is 32.9 Å². The molecule has 1 aromatic rings. The van der Waals surface area contributed by atoms with Gasteiger partial charge >= 0.3 is 6.18 Å². The molecule has 9 nitrogen and oxygen atoms in total. The van der Waals surface area contributed by atoms with Crippen molar-refractivity contribution in [1.82, 2.24) is 0 Å². The molecule has 0 heterocycles. The van der Waals surface area contributed by atoms with Crippen LogP contribution in [-0.2, 0) is 11.0 Å². The van der Waals surface area contributed by atoms with Crippen molar-refractivity contribution in [2.75, 3.05) is 5.32 Å². The molecule has 24 heavy (non-hydrogen) atoms. The number of hydrogen-bond donors (Lipinski definition) is 1. The lowest BCUT2D eigenvalue weighted by atomic mass is 10.0. The smallest absolute Gasteiger partial charge is 0.416 e. The summed E-state index contributed by atoms with van der Waals surface area (Å²) in [5.41, 5.74) is -5.05. The number of nitrogens with zero attached hydrogens (tertiary/aromatic N) is 2. The Bertz CT molecular complexity index is 654. The minimum atomic E-state index is -5.06. The summed E-state index contributed by atoms with van der Waals surface area (Å²) in [6.45, 7) is 2.77.